The minimum atomic E-state index is 0.845. The highest BCUT2D eigenvalue weighted by atomic mass is 15.2. The van der Waals surface area contributed by atoms with Gasteiger partial charge in [0.1, 0.15) is 0 Å². The molecule has 0 bridgehead atoms. The van der Waals surface area contributed by atoms with Gasteiger partial charge in [-0.2, -0.15) is 5.10 Å². The molecule has 1 aromatic heterocycles. The maximum absolute atomic E-state index is 4.20. The van der Waals surface area contributed by atoms with Crippen LogP contribution in [0, 0.1) is 11.8 Å². The van der Waals surface area contributed by atoms with Crippen LogP contribution < -0.4 is 5.32 Å². The first-order chi connectivity index (χ1) is 7.24. The number of aryl methyl sites for hydroxylation is 2. The van der Waals surface area contributed by atoms with Gasteiger partial charge in [0, 0.05) is 13.2 Å². The summed E-state index contributed by atoms with van der Waals surface area (Å²) in [6, 6.07) is 0. The molecule has 2 heterocycles. The van der Waals surface area contributed by atoms with Crippen molar-refractivity contribution in [2.24, 2.45) is 18.9 Å². The molecule has 0 aromatic carbocycles. The largest absolute Gasteiger partial charge is 0.316 e. The number of nitrogens with one attached hydrogen (secondary N) is 1. The van der Waals surface area contributed by atoms with Gasteiger partial charge >= 0.3 is 0 Å². The van der Waals surface area contributed by atoms with Crippen molar-refractivity contribution < 1.29 is 0 Å². The fourth-order valence-corrected chi connectivity index (χ4v) is 2.46. The topological polar surface area (TPSA) is 29.9 Å². The third-order valence-electron chi connectivity index (χ3n) is 3.26. The first-order valence-electron chi connectivity index (χ1n) is 5.92. The third kappa shape index (κ3) is 3.06. The highest BCUT2D eigenvalue weighted by molar-refractivity contribution is 5.03. The summed E-state index contributed by atoms with van der Waals surface area (Å²) < 4.78 is 1.89. The van der Waals surface area contributed by atoms with Crippen LogP contribution in [-0.4, -0.2) is 22.9 Å². The summed E-state index contributed by atoms with van der Waals surface area (Å²) in [6.07, 6.45) is 7.96. The molecule has 1 aliphatic heterocycles. The van der Waals surface area contributed by atoms with Crippen LogP contribution in [0.1, 0.15) is 25.3 Å². The Bertz CT molecular complexity index is 306. The van der Waals surface area contributed by atoms with Crippen LogP contribution in [0.3, 0.4) is 0 Å². The van der Waals surface area contributed by atoms with Crippen LogP contribution in [-0.2, 0) is 13.5 Å². The van der Waals surface area contributed by atoms with Crippen molar-refractivity contribution in [3.8, 4) is 0 Å². The third-order valence-corrected chi connectivity index (χ3v) is 3.26. The molecule has 2 unspecified atom stereocenters. The molecule has 0 saturated carbocycles. The summed E-state index contributed by atoms with van der Waals surface area (Å²) in [7, 11) is 1.98. The van der Waals surface area contributed by atoms with Crippen LogP contribution in [0.15, 0.2) is 12.4 Å². The van der Waals surface area contributed by atoms with Gasteiger partial charge in [0.05, 0.1) is 6.20 Å². The lowest BCUT2D eigenvalue weighted by Crippen LogP contribution is -2.35. The Labute approximate surface area is 91.9 Å². The van der Waals surface area contributed by atoms with Crippen molar-refractivity contribution in [1.29, 1.82) is 0 Å². The lowest BCUT2D eigenvalue weighted by atomic mass is 9.88. The Balaban J connectivity index is 1.77. The van der Waals surface area contributed by atoms with Crippen LogP contribution in [0.25, 0.3) is 0 Å². The number of aromatic nitrogens is 2. The minimum absolute atomic E-state index is 0.845. The molecular formula is C12H21N3. The zero-order chi connectivity index (χ0) is 10.7. The molecule has 0 amide bonds. The average molecular weight is 207 g/mol. The zero-order valence-electron chi connectivity index (χ0n) is 9.74. The van der Waals surface area contributed by atoms with E-state index < -0.39 is 0 Å². The molecule has 1 aromatic rings. The normalized spacial score (nSPS) is 26.8. The number of rotatable bonds is 3. The standard InChI is InChI=1S/C12H21N3/c1-10-5-11(7-13-6-10)3-4-12-8-14-15(2)9-12/h8-11,13H,3-7H2,1-2H3. The van der Waals surface area contributed by atoms with Gasteiger partial charge in [0.25, 0.3) is 0 Å². The number of nitrogens with zero attached hydrogens (tertiary/aromatic N) is 2. The van der Waals surface area contributed by atoms with Crippen molar-refractivity contribution in [3.05, 3.63) is 18.0 Å². The Morgan fingerprint density at radius 2 is 2.40 bits per heavy atom. The van der Waals surface area contributed by atoms with E-state index in [0.717, 1.165) is 11.8 Å². The second kappa shape index (κ2) is 4.79. The van der Waals surface area contributed by atoms with Crippen LogP contribution >= 0.6 is 0 Å². The van der Waals surface area contributed by atoms with Crippen molar-refractivity contribution in [2.75, 3.05) is 13.1 Å². The van der Waals surface area contributed by atoms with Gasteiger partial charge in [-0.25, -0.2) is 0 Å². The fourth-order valence-electron chi connectivity index (χ4n) is 2.46. The van der Waals surface area contributed by atoms with E-state index in [-0.39, 0.29) is 0 Å². The van der Waals surface area contributed by atoms with Gasteiger partial charge in [-0.15, -0.1) is 0 Å². The minimum Gasteiger partial charge on any atom is -0.316 e. The highest BCUT2D eigenvalue weighted by Gasteiger charge is 2.18. The summed E-state index contributed by atoms with van der Waals surface area (Å²) >= 11 is 0. The number of hydrogen-bond donors (Lipinski definition) is 1. The Hall–Kier alpha value is -0.830. The fraction of sp³-hybridized carbons (Fsp3) is 0.750. The number of hydrogen-bond acceptors (Lipinski definition) is 2. The molecule has 1 fully saturated rings. The molecule has 3 nitrogen and oxygen atoms in total. The van der Waals surface area contributed by atoms with E-state index in [9.17, 15) is 0 Å². The smallest absolute Gasteiger partial charge is 0.0521 e. The predicted molar refractivity (Wildman–Crippen MR) is 61.7 cm³/mol. The molecule has 84 valence electrons. The van der Waals surface area contributed by atoms with Crippen LogP contribution in [0.4, 0.5) is 0 Å². The van der Waals surface area contributed by atoms with Crippen LogP contribution in [0.2, 0.25) is 0 Å². The number of piperidine rings is 1. The van der Waals surface area contributed by atoms with E-state index in [1.165, 1.54) is 37.9 Å². The molecule has 0 aliphatic carbocycles. The summed E-state index contributed by atoms with van der Waals surface area (Å²) in [5, 5.41) is 7.70. The van der Waals surface area contributed by atoms with E-state index >= 15 is 0 Å². The molecule has 1 aliphatic rings. The van der Waals surface area contributed by atoms with Crippen molar-refractivity contribution >= 4 is 0 Å². The molecule has 1 N–H and O–H groups in total. The summed E-state index contributed by atoms with van der Waals surface area (Å²) in [6.45, 7) is 4.73. The Kier molecular flexibility index (Phi) is 3.41. The van der Waals surface area contributed by atoms with Gasteiger partial charge in [0.2, 0.25) is 0 Å². The van der Waals surface area contributed by atoms with Gasteiger partial charge in [0.15, 0.2) is 0 Å². The SMILES string of the molecule is CC1CNCC(CCc2cnn(C)c2)C1. The van der Waals surface area contributed by atoms with E-state index in [0.29, 0.717) is 0 Å². The first kappa shape index (κ1) is 10.7. The monoisotopic (exact) mass is 207 g/mol. The summed E-state index contributed by atoms with van der Waals surface area (Å²) in [4.78, 5) is 0. The molecule has 1 saturated heterocycles. The van der Waals surface area contributed by atoms with Gasteiger partial charge < -0.3 is 5.32 Å². The molecule has 3 heteroatoms. The maximum Gasteiger partial charge on any atom is 0.0521 e. The van der Waals surface area contributed by atoms with Crippen LogP contribution in [0.5, 0.6) is 0 Å². The quantitative estimate of drug-likeness (QED) is 0.816. The predicted octanol–water partition coefficient (Wildman–Crippen LogP) is 1.60. The lowest BCUT2D eigenvalue weighted by Gasteiger charge is -2.27. The second-order valence-corrected chi connectivity index (χ2v) is 4.93. The summed E-state index contributed by atoms with van der Waals surface area (Å²) in [5.41, 5.74) is 1.37. The lowest BCUT2D eigenvalue weighted by molar-refractivity contribution is 0.289. The first-order valence-corrected chi connectivity index (χ1v) is 5.92. The molecule has 0 spiro atoms. The second-order valence-electron chi connectivity index (χ2n) is 4.93. The Morgan fingerprint density at radius 1 is 1.53 bits per heavy atom. The van der Waals surface area contributed by atoms with Crippen molar-refractivity contribution in [2.45, 2.75) is 26.2 Å². The summed E-state index contributed by atoms with van der Waals surface area (Å²) in [5.74, 6) is 1.70. The average Bonchev–Trinajstić information content (AvgIpc) is 2.62. The molecule has 0 radical (unpaired) electrons. The molecule has 2 atom stereocenters. The van der Waals surface area contributed by atoms with Crippen molar-refractivity contribution in [3.63, 3.8) is 0 Å². The van der Waals surface area contributed by atoms with E-state index in [4.69, 9.17) is 0 Å². The molecule has 15 heavy (non-hydrogen) atoms. The van der Waals surface area contributed by atoms with Gasteiger partial charge in [-0.3, -0.25) is 4.68 Å². The molecular weight excluding hydrogens is 186 g/mol. The maximum atomic E-state index is 4.20. The van der Waals surface area contributed by atoms with Gasteiger partial charge in [-0.1, -0.05) is 6.92 Å². The van der Waals surface area contributed by atoms with E-state index in [1.54, 1.807) is 0 Å². The highest BCUT2D eigenvalue weighted by Crippen LogP contribution is 2.20. The zero-order valence-corrected chi connectivity index (χ0v) is 9.74. The van der Waals surface area contributed by atoms with Crippen molar-refractivity contribution in [1.82, 2.24) is 15.1 Å². The molecule has 2 rings (SSSR count). The van der Waals surface area contributed by atoms with E-state index in [1.807, 2.05) is 17.9 Å². The van der Waals surface area contributed by atoms with Gasteiger partial charge in [-0.05, 0) is 49.8 Å². The van der Waals surface area contributed by atoms with E-state index in [2.05, 4.69) is 23.5 Å². The Morgan fingerprint density at radius 3 is 3.07 bits per heavy atom.